The van der Waals surface area contributed by atoms with Crippen molar-refractivity contribution in [2.24, 2.45) is 0 Å². The molecule has 0 spiro atoms. The summed E-state index contributed by atoms with van der Waals surface area (Å²) in [7, 11) is 0. The third kappa shape index (κ3) is 2.98. The van der Waals surface area contributed by atoms with E-state index in [9.17, 15) is 0 Å². The molecule has 7 heteroatoms. The Morgan fingerprint density at radius 3 is 2.85 bits per heavy atom. The number of rotatable bonds is 2. The molecule has 0 bridgehead atoms. The third-order valence-corrected chi connectivity index (χ3v) is 6.96. The molecule has 0 unspecified atom stereocenters. The average molecular weight is 385 g/mol. The third-order valence-electron chi connectivity index (χ3n) is 5.88. The normalized spacial score (nSPS) is 20.3. The predicted octanol–water partition coefficient (Wildman–Crippen LogP) is 1.82. The van der Waals surface area contributed by atoms with E-state index in [2.05, 4.69) is 41.7 Å². The number of ether oxygens (including phenoxy) is 1. The van der Waals surface area contributed by atoms with Gasteiger partial charge < -0.3 is 14.5 Å². The maximum absolute atomic E-state index is 5.99. The van der Waals surface area contributed by atoms with Gasteiger partial charge in [-0.05, 0) is 26.8 Å². The molecule has 0 saturated carbocycles. The van der Waals surface area contributed by atoms with Crippen LogP contribution in [0.3, 0.4) is 0 Å². The van der Waals surface area contributed by atoms with Crippen LogP contribution in [0.1, 0.15) is 32.0 Å². The lowest BCUT2D eigenvalue weighted by molar-refractivity contribution is -0.898. The van der Waals surface area contributed by atoms with Gasteiger partial charge in [0.25, 0.3) is 0 Å². The number of anilines is 1. The first kappa shape index (κ1) is 17.3. The van der Waals surface area contributed by atoms with Gasteiger partial charge in [0.15, 0.2) is 5.82 Å². The summed E-state index contributed by atoms with van der Waals surface area (Å²) < 4.78 is 7.16. The Bertz CT molecular complexity index is 1010. The number of aromatic nitrogens is 3. The molecule has 3 aromatic rings. The molecule has 1 fully saturated rings. The first-order valence-corrected chi connectivity index (χ1v) is 10.6. The van der Waals surface area contributed by atoms with Crippen molar-refractivity contribution in [3.63, 3.8) is 0 Å². The minimum atomic E-state index is -0.142. The second-order valence-corrected chi connectivity index (χ2v) is 9.24. The Kier molecular flexibility index (Phi) is 4.07. The van der Waals surface area contributed by atoms with Crippen molar-refractivity contribution in [1.82, 2.24) is 15.0 Å². The molecule has 0 radical (unpaired) electrons. The molecule has 27 heavy (non-hydrogen) atoms. The van der Waals surface area contributed by atoms with Crippen molar-refractivity contribution < 1.29 is 9.64 Å². The molecule has 1 saturated heterocycles. The number of pyridine rings is 1. The zero-order chi connectivity index (χ0) is 18.6. The smallest absolute Gasteiger partial charge is 0.150 e. The topological polar surface area (TPSA) is 55.6 Å². The lowest BCUT2D eigenvalue weighted by atomic mass is 9.95. The van der Waals surface area contributed by atoms with Crippen LogP contribution >= 0.6 is 11.3 Å². The second kappa shape index (κ2) is 6.36. The largest absolute Gasteiger partial charge is 0.370 e. The Morgan fingerprint density at radius 1 is 1.26 bits per heavy atom. The fourth-order valence-electron chi connectivity index (χ4n) is 4.19. The molecule has 5 rings (SSSR count). The monoisotopic (exact) mass is 384 g/mol. The maximum atomic E-state index is 5.99. The summed E-state index contributed by atoms with van der Waals surface area (Å²) in [5, 5.41) is 1.14. The quantitative estimate of drug-likeness (QED) is 0.730. The zero-order valence-corrected chi connectivity index (χ0v) is 17.0. The van der Waals surface area contributed by atoms with Crippen molar-refractivity contribution in [1.29, 1.82) is 0 Å². The average Bonchev–Trinajstić information content (AvgIpc) is 3.03. The van der Waals surface area contributed by atoms with Crippen LogP contribution in [0.4, 0.5) is 5.82 Å². The first-order chi connectivity index (χ1) is 13.0. The summed E-state index contributed by atoms with van der Waals surface area (Å²) in [6, 6.07) is 2.24. The number of piperazine rings is 1. The van der Waals surface area contributed by atoms with Gasteiger partial charge in [-0.2, -0.15) is 0 Å². The van der Waals surface area contributed by atoms with Crippen LogP contribution in [0.5, 0.6) is 0 Å². The lowest BCUT2D eigenvalue weighted by Crippen LogP contribution is -3.14. The fourth-order valence-corrected chi connectivity index (χ4v) is 5.33. The van der Waals surface area contributed by atoms with Gasteiger partial charge >= 0.3 is 0 Å². The number of likely N-dealkylation sites (N-methyl/N-ethyl adjacent to an activating group) is 1. The van der Waals surface area contributed by atoms with E-state index in [-0.39, 0.29) is 5.60 Å². The Labute approximate surface area is 163 Å². The molecule has 142 valence electrons. The van der Waals surface area contributed by atoms with E-state index in [4.69, 9.17) is 9.72 Å². The van der Waals surface area contributed by atoms with E-state index >= 15 is 0 Å². The summed E-state index contributed by atoms with van der Waals surface area (Å²) >= 11 is 1.74. The molecule has 2 aliphatic rings. The minimum absolute atomic E-state index is 0.142. The summed E-state index contributed by atoms with van der Waals surface area (Å²) in [5.74, 6) is 1.08. The number of nitrogens with one attached hydrogen (secondary N) is 1. The minimum Gasteiger partial charge on any atom is -0.370 e. The predicted molar refractivity (Wildman–Crippen MR) is 109 cm³/mol. The lowest BCUT2D eigenvalue weighted by Gasteiger charge is -2.32. The van der Waals surface area contributed by atoms with Crippen LogP contribution in [0, 0.1) is 0 Å². The fraction of sp³-hybridized carbons (Fsp3) is 0.550. The molecule has 5 heterocycles. The first-order valence-electron chi connectivity index (χ1n) is 9.82. The summed E-state index contributed by atoms with van der Waals surface area (Å²) in [6.45, 7) is 12.8. The van der Waals surface area contributed by atoms with E-state index < -0.39 is 0 Å². The summed E-state index contributed by atoms with van der Waals surface area (Å²) in [5.41, 5.74) is 3.25. The molecule has 0 aromatic carbocycles. The highest BCUT2D eigenvalue weighted by Gasteiger charge is 2.29. The van der Waals surface area contributed by atoms with E-state index in [0.717, 1.165) is 41.1 Å². The van der Waals surface area contributed by atoms with Crippen molar-refractivity contribution >= 4 is 37.6 Å². The van der Waals surface area contributed by atoms with Crippen molar-refractivity contribution in [3.05, 3.63) is 23.7 Å². The Morgan fingerprint density at radius 2 is 2.07 bits per heavy atom. The van der Waals surface area contributed by atoms with Gasteiger partial charge in [0.05, 0.1) is 60.8 Å². The molecule has 0 amide bonds. The number of nitrogens with zero attached hydrogens (tertiary/aromatic N) is 4. The number of fused-ring (bicyclic) bond motifs is 4. The van der Waals surface area contributed by atoms with E-state index in [1.807, 2.05) is 0 Å². The molecular weight excluding hydrogens is 358 g/mol. The van der Waals surface area contributed by atoms with E-state index in [0.29, 0.717) is 6.61 Å². The molecule has 0 aliphatic carbocycles. The number of hydrogen-bond acceptors (Lipinski definition) is 6. The van der Waals surface area contributed by atoms with Crippen LogP contribution in [0.2, 0.25) is 0 Å². The van der Waals surface area contributed by atoms with Crippen molar-refractivity contribution in [2.45, 2.75) is 39.4 Å². The van der Waals surface area contributed by atoms with Crippen LogP contribution < -0.4 is 9.80 Å². The summed E-state index contributed by atoms with van der Waals surface area (Å²) in [6.07, 6.45) is 2.56. The highest BCUT2D eigenvalue weighted by atomic mass is 32.1. The number of hydrogen-bond donors (Lipinski definition) is 1. The SMILES string of the molecule is CC[NH+]1CCN(c2ncnc3c2sc2nc4c(cc23)COC(C)(C)C4)CC1. The number of quaternary nitrogens is 1. The summed E-state index contributed by atoms with van der Waals surface area (Å²) in [4.78, 5) is 19.5. The van der Waals surface area contributed by atoms with E-state index in [1.165, 1.54) is 35.6 Å². The highest BCUT2D eigenvalue weighted by Crippen LogP contribution is 2.38. The zero-order valence-electron chi connectivity index (χ0n) is 16.2. The van der Waals surface area contributed by atoms with Gasteiger partial charge in [-0.25, -0.2) is 15.0 Å². The van der Waals surface area contributed by atoms with Gasteiger partial charge in [-0.3, -0.25) is 0 Å². The van der Waals surface area contributed by atoms with Gasteiger partial charge in [0, 0.05) is 17.4 Å². The van der Waals surface area contributed by atoms with Gasteiger partial charge in [-0.15, -0.1) is 11.3 Å². The van der Waals surface area contributed by atoms with Crippen LogP contribution in [-0.4, -0.2) is 53.3 Å². The van der Waals surface area contributed by atoms with Gasteiger partial charge in [0.2, 0.25) is 0 Å². The molecule has 1 N–H and O–H groups in total. The second-order valence-electron chi connectivity index (χ2n) is 8.24. The molecule has 3 aromatic heterocycles. The Balaban J connectivity index is 1.59. The van der Waals surface area contributed by atoms with Crippen molar-refractivity contribution in [2.75, 3.05) is 37.6 Å². The van der Waals surface area contributed by atoms with Gasteiger partial charge in [0.1, 0.15) is 11.2 Å². The number of thiophene rings is 1. The van der Waals surface area contributed by atoms with Crippen LogP contribution in [-0.2, 0) is 17.8 Å². The Hall–Kier alpha value is -1.83. The molecular formula is C20H26N5OS+. The van der Waals surface area contributed by atoms with E-state index in [1.54, 1.807) is 22.6 Å². The molecule has 2 aliphatic heterocycles. The molecule has 0 atom stereocenters. The maximum Gasteiger partial charge on any atom is 0.150 e. The van der Waals surface area contributed by atoms with Crippen molar-refractivity contribution in [3.8, 4) is 0 Å². The van der Waals surface area contributed by atoms with Gasteiger partial charge in [-0.1, -0.05) is 0 Å². The standard InChI is InChI=1S/C20H25N5OS/c1-4-24-5-7-25(8-6-24)18-17-16(21-12-22-18)14-9-13-11-26-20(2,3)10-15(13)23-19(14)27-17/h9,12H,4-8,10-11H2,1-3H3/p+1. The van der Waals surface area contributed by atoms with Crippen LogP contribution in [0.15, 0.2) is 12.4 Å². The molecule has 6 nitrogen and oxygen atoms in total. The highest BCUT2D eigenvalue weighted by molar-refractivity contribution is 7.25. The van der Waals surface area contributed by atoms with Crippen LogP contribution in [0.25, 0.3) is 20.4 Å².